The molecule has 0 aromatic rings. The van der Waals surface area contributed by atoms with Crippen molar-refractivity contribution in [2.45, 2.75) is 72.1 Å². The van der Waals surface area contributed by atoms with E-state index in [4.69, 9.17) is 0 Å². The van der Waals surface area contributed by atoms with E-state index in [0.717, 1.165) is 12.8 Å². The first kappa shape index (κ1) is 13.1. The molecule has 1 radical (unpaired) electrons. The van der Waals surface area contributed by atoms with Crippen LogP contribution in [0.25, 0.3) is 0 Å². The molecule has 3 aliphatic carbocycles. The summed E-state index contributed by atoms with van der Waals surface area (Å²) in [5, 5.41) is 0. The highest BCUT2D eigenvalue weighted by Gasteiger charge is 2.61. The van der Waals surface area contributed by atoms with Crippen LogP contribution in [0.5, 0.6) is 0 Å². The Balaban J connectivity index is 0.000000153. The second-order valence-corrected chi connectivity index (χ2v) is 6.84. The summed E-state index contributed by atoms with van der Waals surface area (Å²) in [6.45, 7) is 6.67. The number of hydrogen-bond acceptors (Lipinski definition) is 1. The first-order valence-corrected chi connectivity index (χ1v) is 7.33. The van der Waals surface area contributed by atoms with Gasteiger partial charge in [-0.2, -0.15) is 0 Å². The average molecular weight is 235 g/mol. The number of hydrogen-bond donors (Lipinski definition) is 0. The van der Waals surface area contributed by atoms with E-state index >= 15 is 0 Å². The molecule has 0 heterocycles. The van der Waals surface area contributed by atoms with Crippen molar-refractivity contribution in [1.82, 2.24) is 0 Å². The standard InChI is InChI=1S/C10H16O.C6H11/c1-9(2)7-4-5-10(9,3)8(11)6-7;1-2-4-6-5-3-1/h7H,4-6H2,1-3H3;1H,2-6H2. The van der Waals surface area contributed by atoms with E-state index in [1.807, 2.05) is 0 Å². The fourth-order valence-electron chi connectivity index (χ4n) is 3.80. The lowest BCUT2D eigenvalue weighted by Gasteiger charge is -2.32. The van der Waals surface area contributed by atoms with Crippen LogP contribution in [0.15, 0.2) is 0 Å². The fraction of sp³-hybridized carbons (Fsp3) is 0.875. The Morgan fingerprint density at radius 3 is 1.94 bits per heavy atom. The number of Topliss-reactive ketones (excluding diaryl/α,β-unsaturated/α-hetero) is 1. The number of fused-ring (bicyclic) bond motifs is 2. The third-order valence-corrected chi connectivity index (χ3v) is 5.80. The molecule has 0 aromatic carbocycles. The summed E-state index contributed by atoms with van der Waals surface area (Å²) < 4.78 is 0. The van der Waals surface area contributed by atoms with Gasteiger partial charge in [0.1, 0.15) is 5.78 Å². The topological polar surface area (TPSA) is 17.1 Å². The van der Waals surface area contributed by atoms with E-state index in [1.165, 1.54) is 38.5 Å². The molecule has 3 fully saturated rings. The van der Waals surface area contributed by atoms with Gasteiger partial charge in [0.05, 0.1) is 0 Å². The molecule has 0 amide bonds. The minimum absolute atomic E-state index is 0.0255. The largest absolute Gasteiger partial charge is 0.299 e. The van der Waals surface area contributed by atoms with Crippen molar-refractivity contribution in [3.63, 3.8) is 0 Å². The third-order valence-electron chi connectivity index (χ3n) is 5.80. The van der Waals surface area contributed by atoms with Gasteiger partial charge in [0, 0.05) is 11.8 Å². The van der Waals surface area contributed by atoms with Crippen molar-refractivity contribution in [3.05, 3.63) is 6.42 Å². The minimum Gasteiger partial charge on any atom is -0.299 e. The van der Waals surface area contributed by atoms with Crippen molar-refractivity contribution in [2.75, 3.05) is 0 Å². The van der Waals surface area contributed by atoms with Gasteiger partial charge < -0.3 is 0 Å². The van der Waals surface area contributed by atoms with Gasteiger partial charge in [-0.1, -0.05) is 52.9 Å². The zero-order chi connectivity index (χ0) is 12.5. The summed E-state index contributed by atoms with van der Waals surface area (Å²) >= 11 is 0. The second kappa shape index (κ2) is 4.74. The first-order valence-electron chi connectivity index (χ1n) is 7.33. The van der Waals surface area contributed by atoms with Crippen LogP contribution < -0.4 is 0 Å². The number of ketones is 1. The van der Waals surface area contributed by atoms with Crippen LogP contribution >= 0.6 is 0 Å². The molecule has 1 nitrogen and oxygen atoms in total. The second-order valence-electron chi connectivity index (χ2n) is 6.84. The molecule has 0 aliphatic heterocycles. The SMILES string of the molecule is CC12CCC(CC1=O)C2(C)C.[CH]1CCCCC1. The monoisotopic (exact) mass is 235 g/mol. The highest BCUT2D eigenvalue weighted by atomic mass is 16.1. The highest BCUT2D eigenvalue weighted by Crippen LogP contribution is 2.63. The maximum atomic E-state index is 11.6. The van der Waals surface area contributed by atoms with E-state index in [9.17, 15) is 4.79 Å². The lowest BCUT2D eigenvalue weighted by Crippen LogP contribution is -2.32. The molecule has 1 heteroatoms. The molecule has 17 heavy (non-hydrogen) atoms. The summed E-state index contributed by atoms with van der Waals surface area (Å²) in [5.74, 6) is 1.19. The molecule has 97 valence electrons. The van der Waals surface area contributed by atoms with Crippen molar-refractivity contribution in [1.29, 1.82) is 0 Å². The van der Waals surface area contributed by atoms with E-state index in [-0.39, 0.29) is 10.8 Å². The summed E-state index contributed by atoms with van der Waals surface area (Å²) in [5.41, 5.74) is 0.307. The maximum absolute atomic E-state index is 11.6. The fourth-order valence-corrected chi connectivity index (χ4v) is 3.80. The predicted molar refractivity (Wildman–Crippen MR) is 71.6 cm³/mol. The third kappa shape index (κ3) is 2.18. The summed E-state index contributed by atoms with van der Waals surface area (Å²) in [7, 11) is 0. The molecule has 0 spiro atoms. The van der Waals surface area contributed by atoms with Crippen LogP contribution in [0.2, 0.25) is 0 Å². The van der Waals surface area contributed by atoms with Gasteiger partial charge in [0.15, 0.2) is 0 Å². The van der Waals surface area contributed by atoms with Crippen LogP contribution in [0.3, 0.4) is 0 Å². The normalized spacial score (nSPS) is 38.8. The van der Waals surface area contributed by atoms with E-state index in [1.54, 1.807) is 0 Å². The Kier molecular flexibility index (Phi) is 3.66. The minimum atomic E-state index is 0.0255. The molecule has 3 saturated carbocycles. The summed E-state index contributed by atoms with van der Waals surface area (Å²) in [6, 6.07) is 0. The van der Waals surface area contributed by atoms with Gasteiger partial charge in [-0.15, -0.1) is 0 Å². The van der Waals surface area contributed by atoms with Crippen LogP contribution in [-0.2, 0) is 4.79 Å². The van der Waals surface area contributed by atoms with Gasteiger partial charge in [-0.25, -0.2) is 0 Å². The van der Waals surface area contributed by atoms with Crippen LogP contribution in [0, 0.1) is 23.2 Å². The average Bonchev–Trinajstić information content (AvgIpc) is 2.65. The lowest BCUT2D eigenvalue weighted by molar-refractivity contribution is -0.128. The molecule has 0 saturated heterocycles. The van der Waals surface area contributed by atoms with Crippen molar-refractivity contribution in [3.8, 4) is 0 Å². The van der Waals surface area contributed by atoms with Gasteiger partial charge in [-0.3, -0.25) is 4.79 Å². The van der Waals surface area contributed by atoms with Crippen molar-refractivity contribution in [2.24, 2.45) is 16.7 Å². The van der Waals surface area contributed by atoms with Crippen molar-refractivity contribution < 1.29 is 4.79 Å². The number of rotatable bonds is 0. The zero-order valence-corrected chi connectivity index (χ0v) is 11.7. The summed E-state index contributed by atoms with van der Waals surface area (Å²) in [6.07, 6.45) is 12.8. The van der Waals surface area contributed by atoms with Gasteiger partial charge >= 0.3 is 0 Å². The van der Waals surface area contributed by atoms with Crippen LogP contribution in [0.4, 0.5) is 0 Å². The van der Waals surface area contributed by atoms with Crippen LogP contribution in [0.1, 0.15) is 72.1 Å². The van der Waals surface area contributed by atoms with Gasteiger partial charge in [-0.05, 0) is 30.6 Å². The quantitative estimate of drug-likeness (QED) is 0.601. The number of carbonyl (C=O) groups is 1. The zero-order valence-electron chi connectivity index (χ0n) is 11.7. The Morgan fingerprint density at radius 1 is 1.12 bits per heavy atom. The molecule has 2 unspecified atom stereocenters. The molecule has 3 aliphatic rings. The Hall–Kier alpha value is -0.330. The molecule has 2 atom stereocenters. The van der Waals surface area contributed by atoms with E-state index < -0.39 is 0 Å². The molecule has 3 rings (SSSR count). The molecule has 0 N–H and O–H groups in total. The molecular weight excluding hydrogens is 208 g/mol. The molecular formula is C16H27O. The van der Waals surface area contributed by atoms with E-state index in [0.29, 0.717) is 11.7 Å². The molecule has 0 aromatic heterocycles. The predicted octanol–water partition coefficient (Wildman–Crippen LogP) is 4.56. The lowest BCUT2D eigenvalue weighted by atomic mass is 9.70. The Morgan fingerprint density at radius 2 is 1.76 bits per heavy atom. The van der Waals surface area contributed by atoms with Crippen molar-refractivity contribution >= 4 is 5.78 Å². The Labute approximate surface area is 106 Å². The smallest absolute Gasteiger partial charge is 0.139 e. The molecule has 2 bridgehead atoms. The summed E-state index contributed by atoms with van der Waals surface area (Å²) in [4.78, 5) is 11.6. The highest BCUT2D eigenvalue weighted by molar-refractivity contribution is 5.89. The van der Waals surface area contributed by atoms with Gasteiger partial charge in [0.25, 0.3) is 0 Å². The first-order chi connectivity index (χ1) is 7.98. The van der Waals surface area contributed by atoms with Gasteiger partial charge in [0.2, 0.25) is 0 Å². The van der Waals surface area contributed by atoms with Crippen LogP contribution in [-0.4, -0.2) is 5.78 Å². The maximum Gasteiger partial charge on any atom is 0.139 e. The van der Waals surface area contributed by atoms with E-state index in [2.05, 4.69) is 27.2 Å². The Bertz CT molecular complexity index is 276. The number of carbonyl (C=O) groups excluding carboxylic acids is 1.